The number of benzene rings is 7. The van der Waals surface area contributed by atoms with Crippen LogP contribution < -0.4 is 0 Å². The maximum absolute atomic E-state index is 5.26. The molecule has 7 aromatic carbocycles. The van der Waals surface area contributed by atoms with E-state index in [1.807, 2.05) is 0 Å². The van der Waals surface area contributed by atoms with E-state index in [0.29, 0.717) is 5.82 Å². The summed E-state index contributed by atoms with van der Waals surface area (Å²) in [6.07, 6.45) is 0. The molecule has 0 unspecified atom stereocenters. The number of rotatable bonds is 7. The zero-order valence-electron chi connectivity index (χ0n) is 27.3. The van der Waals surface area contributed by atoms with Gasteiger partial charge in [0.2, 0.25) is 0 Å². The number of nitrogens with zero attached hydrogens (tertiary/aromatic N) is 2. The lowest BCUT2D eigenvalue weighted by atomic mass is 9.93. The minimum absolute atomic E-state index is 0.703. The first-order valence-corrected chi connectivity index (χ1v) is 16.6. The fraction of sp³-hybridized carbons (Fsp3) is 0.0213. The lowest BCUT2D eigenvalue weighted by molar-refractivity contribution is 1.18. The Morgan fingerprint density at radius 1 is 0.265 bits per heavy atom. The third-order valence-electron chi connectivity index (χ3n) is 8.89. The maximum Gasteiger partial charge on any atom is 0.160 e. The maximum atomic E-state index is 5.26. The minimum atomic E-state index is 0.703. The van der Waals surface area contributed by atoms with Gasteiger partial charge in [0.15, 0.2) is 5.82 Å². The van der Waals surface area contributed by atoms with Crippen LogP contribution in [-0.2, 0) is 0 Å². The molecule has 0 atom stereocenters. The monoisotopic (exact) mass is 626 g/mol. The van der Waals surface area contributed by atoms with Gasteiger partial charge >= 0.3 is 0 Å². The predicted octanol–water partition coefficient (Wildman–Crippen LogP) is 12.5. The molecule has 0 fully saturated rings. The quantitative estimate of drug-likeness (QED) is 0.176. The van der Waals surface area contributed by atoms with Crippen LogP contribution in [0.4, 0.5) is 0 Å². The molecule has 1 aromatic heterocycles. The van der Waals surface area contributed by atoms with Gasteiger partial charge < -0.3 is 0 Å². The Bertz CT molecular complexity index is 2100. The van der Waals surface area contributed by atoms with Crippen molar-refractivity contribution in [1.29, 1.82) is 0 Å². The van der Waals surface area contributed by atoms with Crippen LogP contribution in [0.25, 0.3) is 78.4 Å². The van der Waals surface area contributed by atoms with Gasteiger partial charge in [0, 0.05) is 16.7 Å². The number of aryl methyl sites for hydroxylation is 1. The van der Waals surface area contributed by atoms with Crippen molar-refractivity contribution in [3.8, 4) is 78.4 Å². The molecule has 0 aliphatic heterocycles. The molecule has 0 aliphatic rings. The van der Waals surface area contributed by atoms with E-state index in [0.717, 1.165) is 72.6 Å². The van der Waals surface area contributed by atoms with Crippen molar-refractivity contribution < 1.29 is 0 Å². The van der Waals surface area contributed by atoms with Crippen LogP contribution in [0.15, 0.2) is 188 Å². The molecule has 0 aliphatic carbocycles. The van der Waals surface area contributed by atoms with Crippen molar-refractivity contribution in [2.75, 3.05) is 0 Å². The molecule has 0 spiro atoms. The van der Waals surface area contributed by atoms with E-state index in [9.17, 15) is 0 Å². The molecule has 0 N–H and O–H groups in total. The standard InChI is InChI=1S/C47H34N2/c1-33-15-14-24-38(25-33)47-48-45(43-28-39(34-16-6-2-7-17-34)26-40(29-43)35-18-8-3-9-19-35)32-46(49-47)44-30-41(36-20-10-4-11-21-36)27-42(31-44)37-22-12-5-13-23-37/h2-32H,1H3. The zero-order valence-corrected chi connectivity index (χ0v) is 27.3. The van der Waals surface area contributed by atoms with Gasteiger partial charge in [0.25, 0.3) is 0 Å². The largest absolute Gasteiger partial charge is 0.228 e. The van der Waals surface area contributed by atoms with Gasteiger partial charge in [-0.2, -0.15) is 0 Å². The minimum Gasteiger partial charge on any atom is -0.228 e. The van der Waals surface area contributed by atoms with Gasteiger partial charge in [0.1, 0.15) is 0 Å². The number of hydrogen-bond donors (Lipinski definition) is 0. The normalized spacial score (nSPS) is 11.0. The molecule has 0 saturated heterocycles. The first-order chi connectivity index (χ1) is 24.2. The van der Waals surface area contributed by atoms with Crippen LogP contribution in [-0.4, -0.2) is 9.97 Å². The molecule has 2 nitrogen and oxygen atoms in total. The topological polar surface area (TPSA) is 25.8 Å². The van der Waals surface area contributed by atoms with E-state index in [4.69, 9.17) is 9.97 Å². The van der Waals surface area contributed by atoms with Crippen LogP contribution in [0.5, 0.6) is 0 Å². The summed E-state index contributed by atoms with van der Waals surface area (Å²) < 4.78 is 0. The van der Waals surface area contributed by atoms with Crippen LogP contribution in [0.1, 0.15) is 5.56 Å². The molecule has 0 bridgehead atoms. The van der Waals surface area contributed by atoms with Crippen molar-refractivity contribution in [1.82, 2.24) is 9.97 Å². The lowest BCUT2D eigenvalue weighted by Crippen LogP contribution is -1.97. The Kier molecular flexibility index (Phi) is 8.19. The van der Waals surface area contributed by atoms with Gasteiger partial charge in [0.05, 0.1) is 11.4 Å². The van der Waals surface area contributed by atoms with Crippen molar-refractivity contribution in [3.05, 3.63) is 194 Å². The molecule has 8 rings (SSSR count). The Labute approximate surface area is 288 Å². The lowest BCUT2D eigenvalue weighted by Gasteiger charge is -2.15. The Morgan fingerprint density at radius 2 is 0.592 bits per heavy atom. The van der Waals surface area contributed by atoms with E-state index in [2.05, 4.69) is 195 Å². The van der Waals surface area contributed by atoms with E-state index in [-0.39, 0.29) is 0 Å². The van der Waals surface area contributed by atoms with Crippen LogP contribution in [0, 0.1) is 6.92 Å². The van der Waals surface area contributed by atoms with Crippen LogP contribution in [0.2, 0.25) is 0 Å². The summed E-state index contributed by atoms with van der Waals surface area (Å²) in [4.78, 5) is 10.5. The average molecular weight is 627 g/mol. The van der Waals surface area contributed by atoms with E-state index in [1.54, 1.807) is 0 Å². The molecule has 8 aromatic rings. The van der Waals surface area contributed by atoms with Gasteiger partial charge in [-0.25, -0.2) is 9.97 Å². The summed E-state index contributed by atoms with van der Waals surface area (Å²) >= 11 is 0. The van der Waals surface area contributed by atoms with Crippen molar-refractivity contribution in [2.45, 2.75) is 6.92 Å². The third kappa shape index (κ3) is 6.58. The zero-order chi connectivity index (χ0) is 33.0. The average Bonchev–Trinajstić information content (AvgIpc) is 3.19. The third-order valence-corrected chi connectivity index (χ3v) is 8.89. The highest BCUT2D eigenvalue weighted by molar-refractivity contribution is 5.84. The van der Waals surface area contributed by atoms with Gasteiger partial charge in [-0.05, 0) is 100.0 Å². The first-order valence-electron chi connectivity index (χ1n) is 16.6. The summed E-state index contributed by atoms with van der Waals surface area (Å²) in [6, 6.07) is 66.4. The van der Waals surface area contributed by atoms with Crippen LogP contribution >= 0.6 is 0 Å². The highest BCUT2D eigenvalue weighted by Gasteiger charge is 2.15. The van der Waals surface area contributed by atoms with Crippen molar-refractivity contribution >= 4 is 0 Å². The van der Waals surface area contributed by atoms with E-state index < -0.39 is 0 Å². The van der Waals surface area contributed by atoms with E-state index >= 15 is 0 Å². The second-order valence-corrected chi connectivity index (χ2v) is 12.4. The molecule has 0 saturated carbocycles. The van der Waals surface area contributed by atoms with E-state index in [1.165, 1.54) is 5.56 Å². The van der Waals surface area contributed by atoms with Crippen molar-refractivity contribution in [2.24, 2.45) is 0 Å². The summed E-state index contributed by atoms with van der Waals surface area (Å²) in [5.41, 5.74) is 15.2. The predicted molar refractivity (Wildman–Crippen MR) is 205 cm³/mol. The molecular formula is C47H34N2. The molecule has 0 amide bonds. The van der Waals surface area contributed by atoms with Gasteiger partial charge in [-0.15, -0.1) is 0 Å². The molecule has 2 heteroatoms. The summed E-state index contributed by atoms with van der Waals surface area (Å²) in [6.45, 7) is 2.11. The fourth-order valence-electron chi connectivity index (χ4n) is 6.40. The fourth-order valence-corrected chi connectivity index (χ4v) is 6.40. The summed E-state index contributed by atoms with van der Waals surface area (Å²) in [7, 11) is 0. The Morgan fingerprint density at radius 3 is 0.939 bits per heavy atom. The smallest absolute Gasteiger partial charge is 0.160 e. The highest BCUT2D eigenvalue weighted by Crippen LogP contribution is 2.37. The molecular weight excluding hydrogens is 593 g/mol. The number of hydrogen-bond acceptors (Lipinski definition) is 2. The second-order valence-electron chi connectivity index (χ2n) is 12.4. The highest BCUT2D eigenvalue weighted by atomic mass is 14.9. The summed E-state index contributed by atoms with van der Waals surface area (Å²) in [5, 5.41) is 0. The Hall–Kier alpha value is -6.38. The molecule has 49 heavy (non-hydrogen) atoms. The first kappa shape index (κ1) is 30.0. The van der Waals surface area contributed by atoms with Gasteiger partial charge in [-0.3, -0.25) is 0 Å². The summed E-state index contributed by atoms with van der Waals surface area (Å²) in [5.74, 6) is 0.703. The Balaban J connectivity index is 1.37. The van der Waals surface area contributed by atoms with Crippen molar-refractivity contribution in [3.63, 3.8) is 0 Å². The molecule has 1 heterocycles. The van der Waals surface area contributed by atoms with Crippen LogP contribution in [0.3, 0.4) is 0 Å². The number of aromatic nitrogens is 2. The SMILES string of the molecule is Cc1cccc(-c2nc(-c3cc(-c4ccccc4)cc(-c4ccccc4)c3)cc(-c3cc(-c4ccccc4)cc(-c4ccccc4)c3)n2)c1. The molecule has 0 radical (unpaired) electrons. The van der Waals surface area contributed by atoms with Gasteiger partial charge in [-0.1, -0.05) is 145 Å². The molecule has 232 valence electrons. The second kappa shape index (κ2) is 13.4.